The van der Waals surface area contributed by atoms with E-state index in [2.05, 4.69) is 32.1 Å². The van der Waals surface area contributed by atoms with Crippen molar-refractivity contribution in [3.8, 4) is 11.1 Å². The number of alkyl halides is 3. The van der Waals surface area contributed by atoms with Crippen LogP contribution in [0.5, 0.6) is 0 Å². The SMILES string of the molecule is C=C1C=C(C(F)(F)F)C(C(=O)Nc2cc(-c3cnc(N4CCOCC4)nc3)c(F)cc2N2CCN(C)[C@@H](C)C2)=CN1. The number of anilines is 3. The van der Waals surface area contributed by atoms with Crippen molar-refractivity contribution in [2.75, 3.05) is 68.1 Å². The Balaban J connectivity index is 1.50. The molecule has 9 nitrogen and oxygen atoms in total. The number of nitrogens with one attached hydrogen (secondary N) is 2. The van der Waals surface area contributed by atoms with Crippen LogP contribution < -0.4 is 20.4 Å². The number of aromatic nitrogens is 2. The van der Waals surface area contributed by atoms with Crippen LogP contribution in [0.1, 0.15) is 6.92 Å². The third-order valence-electron chi connectivity index (χ3n) is 7.44. The van der Waals surface area contributed by atoms with E-state index in [-0.39, 0.29) is 23.0 Å². The molecule has 0 unspecified atom stereocenters. The van der Waals surface area contributed by atoms with Crippen molar-refractivity contribution < 1.29 is 27.1 Å². The maximum Gasteiger partial charge on any atom is 0.417 e. The largest absolute Gasteiger partial charge is 0.417 e. The highest BCUT2D eigenvalue weighted by atomic mass is 19.4. The van der Waals surface area contributed by atoms with Crippen molar-refractivity contribution in [3.63, 3.8) is 0 Å². The van der Waals surface area contributed by atoms with Gasteiger partial charge in [-0.1, -0.05) is 6.58 Å². The predicted molar refractivity (Wildman–Crippen MR) is 148 cm³/mol. The molecule has 3 aliphatic heterocycles. The first kappa shape index (κ1) is 28.6. The van der Waals surface area contributed by atoms with Crippen molar-refractivity contribution in [1.29, 1.82) is 0 Å². The average Bonchev–Trinajstić information content (AvgIpc) is 2.95. The summed E-state index contributed by atoms with van der Waals surface area (Å²) in [4.78, 5) is 28.1. The predicted octanol–water partition coefficient (Wildman–Crippen LogP) is 3.69. The number of piperazine rings is 1. The van der Waals surface area contributed by atoms with Crippen LogP contribution in [0.3, 0.4) is 0 Å². The van der Waals surface area contributed by atoms with Gasteiger partial charge in [-0.05, 0) is 32.2 Å². The Morgan fingerprint density at radius 1 is 1.12 bits per heavy atom. The van der Waals surface area contributed by atoms with Gasteiger partial charge in [0.1, 0.15) is 5.82 Å². The molecule has 0 spiro atoms. The lowest BCUT2D eigenvalue weighted by molar-refractivity contribution is -0.115. The summed E-state index contributed by atoms with van der Waals surface area (Å²) in [6, 6.07) is 2.85. The van der Waals surface area contributed by atoms with E-state index >= 15 is 4.39 Å². The molecule has 0 radical (unpaired) electrons. The van der Waals surface area contributed by atoms with Crippen molar-refractivity contribution >= 4 is 23.2 Å². The van der Waals surface area contributed by atoms with Crippen LogP contribution >= 0.6 is 0 Å². The van der Waals surface area contributed by atoms with Crippen molar-refractivity contribution in [2.24, 2.45) is 0 Å². The third-order valence-corrected chi connectivity index (χ3v) is 7.44. The number of morpholine rings is 1. The Bertz CT molecular complexity index is 1390. The molecule has 13 heteroatoms. The van der Waals surface area contributed by atoms with Gasteiger partial charge in [-0.2, -0.15) is 13.2 Å². The summed E-state index contributed by atoms with van der Waals surface area (Å²) in [6.45, 7) is 9.66. The van der Waals surface area contributed by atoms with Crippen molar-refractivity contribution in [3.05, 3.63) is 66.0 Å². The molecule has 3 aliphatic rings. The molecule has 4 heterocycles. The monoisotopic (exact) mass is 573 g/mol. The van der Waals surface area contributed by atoms with Crippen LogP contribution in [0.2, 0.25) is 0 Å². The molecule has 2 saturated heterocycles. The minimum Gasteiger partial charge on any atom is -0.378 e. The van der Waals surface area contributed by atoms with Gasteiger partial charge in [-0.3, -0.25) is 4.79 Å². The highest BCUT2D eigenvalue weighted by Gasteiger charge is 2.40. The fourth-order valence-electron chi connectivity index (χ4n) is 4.95. The standard InChI is InChI=1S/C28H31F4N7O2/c1-17-10-22(28(30,31)32)21(15-33-17)26(40)36-24-11-20(19-13-34-27(35-14-19)38-6-8-41-9-7-38)23(29)12-25(24)39-5-4-37(3)18(2)16-39/h10-15,18,33H,1,4-9,16H2,2-3H3,(H,36,40)/t18-/m0/s1. The van der Waals surface area contributed by atoms with E-state index < -0.39 is 29.0 Å². The molecule has 5 rings (SSSR count). The van der Waals surface area contributed by atoms with Gasteiger partial charge in [-0.15, -0.1) is 0 Å². The van der Waals surface area contributed by atoms with Crippen LogP contribution in [0.15, 0.2) is 60.2 Å². The smallest absolute Gasteiger partial charge is 0.378 e. The number of carbonyl (C=O) groups excluding carboxylic acids is 1. The number of likely N-dealkylation sites (N-methyl/N-ethyl adjacent to an activating group) is 1. The van der Waals surface area contributed by atoms with Crippen LogP contribution in [0.25, 0.3) is 11.1 Å². The van der Waals surface area contributed by atoms with Gasteiger partial charge in [0.2, 0.25) is 5.95 Å². The summed E-state index contributed by atoms with van der Waals surface area (Å²) in [7, 11) is 1.98. The van der Waals surface area contributed by atoms with E-state index in [4.69, 9.17) is 4.74 Å². The first-order valence-electron chi connectivity index (χ1n) is 13.2. The number of amides is 1. The Kier molecular flexibility index (Phi) is 8.00. The second-order valence-electron chi connectivity index (χ2n) is 10.2. The molecule has 1 aromatic heterocycles. The molecule has 2 fully saturated rings. The molecule has 0 aliphatic carbocycles. The topological polar surface area (TPSA) is 85.9 Å². The van der Waals surface area contributed by atoms with Gasteiger partial charge in [0, 0.05) is 74.2 Å². The molecule has 2 aromatic rings. The summed E-state index contributed by atoms with van der Waals surface area (Å²) in [5.74, 6) is -1.08. The quantitative estimate of drug-likeness (QED) is 0.525. The second kappa shape index (κ2) is 11.5. The van der Waals surface area contributed by atoms with E-state index in [0.717, 1.165) is 12.3 Å². The first-order valence-corrected chi connectivity index (χ1v) is 13.2. The number of benzene rings is 1. The maximum atomic E-state index is 15.6. The lowest BCUT2D eigenvalue weighted by Crippen LogP contribution is -2.50. The van der Waals surface area contributed by atoms with E-state index in [9.17, 15) is 18.0 Å². The highest BCUT2D eigenvalue weighted by molar-refractivity contribution is 6.09. The summed E-state index contributed by atoms with van der Waals surface area (Å²) >= 11 is 0. The van der Waals surface area contributed by atoms with Crippen molar-refractivity contribution in [1.82, 2.24) is 20.2 Å². The molecule has 1 aromatic carbocycles. The van der Waals surface area contributed by atoms with Gasteiger partial charge in [0.15, 0.2) is 0 Å². The van der Waals surface area contributed by atoms with E-state index in [1.165, 1.54) is 24.5 Å². The number of hydrogen-bond acceptors (Lipinski definition) is 8. The second-order valence-corrected chi connectivity index (χ2v) is 10.2. The normalized spacial score (nSPS) is 20.3. The summed E-state index contributed by atoms with van der Waals surface area (Å²) in [5.41, 5.74) is -0.710. The lowest BCUT2D eigenvalue weighted by atomic mass is 10.0. The Morgan fingerprint density at radius 3 is 2.49 bits per heavy atom. The molecule has 41 heavy (non-hydrogen) atoms. The maximum absolute atomic E-state index is 15.6. The average molecular weight is 574 g/mol. The number of ether oxygens (including phenoxy) is 1. The van der Waals surface area contributed by atoms with Crippen LogP contribution in [0.4, 0.5) is 34.9 Å². The van der Waals surface area contributed by atoms with Crippen LogP contribution in [-0.2, 0) is 9.53 Å². The molecule has 2 N–H and O–H groups in total. The molecular weight excluding hydrogens is 542 g/mol. The fraction of sp³-hybridized carbons (Fsp3) is 0.393. The van der Waals surface area contributed by atoms with Gasteiger partial charge in [0.05, 0.1) is 35.7 Å². The number of allylic oxidation sites excluding steroid dienone is 1. The number of nitrogens with zero attached hydrogens (tertiary/aromatic N) is 5. The van der Waals surface area contributed by atoms with E-state index in [1.54, 1.807) is 0 Å². The summed E-state index contributed by atoms with van der Waals surface area (Å²) in [6.07, 6.45) is -0.0498. The molecule has 0 saturated carbocycles. The number of halogens is 4. The first-order chi connectivity index (χ1) is 19.5. The number of dihydropyridines is 1. The van der Waals surface area contributed by atoms with Gasteiger partial charge < -0.3 is 30.1 Å². The van der Waals surface area contributed by atoms with E-state index in [0.29, 0.717) is 63.1 Å². The Morgan fingerprint density at radius 2 is 1.83 bits per heavy atom. The van der Waals surface area contributed by atoms with Gasteiger partial charge in [0.25, 0.3) is 5.91 Å². The minimum atomic E-state index is -4.78. The lowest BCUT2D eigenvalue weighted by Gasteiger charge is -2.39. The molecular formula is C28H31F4N7O2. The molecule has 218 valence electrons. The summed E-state index contributed by atoms with van der Waals surface area (Å²) in [5, 5.41) is 5.19. The van der Waals surface area contributed by atoms with E-state index in [1.807, 2.05) is 23.8 Å². The Labute approximate surface area is 235 Å². The zero-order valence-corrected chi connectivity index (χ0v) is 22.8. The fourth-order valence-corrected chi connectivity index (χ4v) is 4.95. The molecule has 1 atom stereocenters. The number of rotatable bonds is 5. The van der Waals surface area contributed by atoms with Crippen LogP contribution in [0, 0.1) is 5.82 Å². The number of hydrogen-bond donors (Lipinski definition) is 2. The molecule has 0 bridgehead atoms. The summed E-state index contributed by atoms with van der Waals surface area (Å²) < 4.78 is 62.3. The minimum absolute atomic E-state index is 0.00517. The zero-order chi connectivity index (χ0) is 29.3. The number of carbonyl (C=O) groups is 1. The highest BCUT2D eigenvalue weighted by Crippen LogP contribution is 2.38. The van der Waals surface area contributed by atoms with Crippen molar-refractivity contribution in [2.45, 2.75) is 19.1 Å². The van der Waals surface area contributed by atoms with Gasteiger partial charge in [-0.25, -0.2) is 14.4 Å². The zero-order valence-electron chi connectivity index (χ0n) is 22.8. The Hall–Kier alpha value is -3.97. The van der Waals surface area contributed by atoms with Gasteiger partial charge >= 0.3 is 6.18 Å². The molecule has 1 amide bonds. The van der Waals surface area contributed by atoms with Crippen LogP contribution in [-0.4, -0.2) is 86.0 Å². The third kappa shape index (κ3) is 6.20.